The Morgan fingerprint density at radius 1 is 1.32 bits per heavy atom. The van der Waals surface area contributed by atoms with E-state index in [0.29, 0.717) is 17.8 Å². The molecule has 0 radical (unpaired) electrons. The summed E-state index contributed by atoms with van der Waals surface area (Å²) in [6, 6.07) is 9.79. The number of thiazole rings is 1. The van der Waals surface area contributed by atoms with Crippen LogP contribution in [0.4, 0.5) is 0 Å². The summed E-state index contributed by atoms with van der Waals surface area (Å²) in [7, 11) is 0. The number of benzene rings is 1. The lowest BCUT2D eigenvalue weighted by Crippen LogP contribution is -2.39. The summed E-state index contributed by atoms with van der Waals surface area (Å²) >= 11 is 1.72. The molecule has 0 unspecified atom stereocenters. The minimum Gasteiger partial charge on any atom is -0.356 e. The number of aromatic nitrogens is 2. The van der Waals surface area contributed by atoms with E-state index in [9.17, 15) is 9.59 Å². The number of amides is 1. The molecule has 1 N–H and O–H groups in total. The Kier molecular flexibility index (Phi) is 4.13. The van der Waals surface area contributed by atoms with Crippen LogP contribution in [0.2, 0.25) is 0 Å². The van der Waals surface area contributed by atoms with Crippen LogP contribution in [-0.2, 0) is 0 Å². The first-order valence-corrected chi connectivity index (χ1v) is 9.27. The van der Waals surface area contributed by atoms with E-state index < -0.39 is 0 Å². The molecule has 1 saturated heterocycles. The Labute approximate surface area is 149 Å². The summed E-state index contributed by atoms with van der Waals surface area (Å²) in [5.41, 5.74) is 2.06. The van der Waals surface area contributed by atoms with Crippen molar-refractivity contribution in [2.75, 3.05) is 13.1 Å². The van der Waals surface area contributed by atoms with Crippen molar-refractivity contribution in [3.05, 3.63) is 52.8 Å². The zero-order chi connectivity index (χ0) is 17.4. The third-order valence-electron chi connectivity index (χ3n) is 4.69. The molecular weight excluding hydrogens is 334 g/mol. The summed E-state index contributed by atoms with van der Waals surface area (Å²) in [5, 5.41) is 1.11. The maximum atomic E-state index is 12.8. The molecule has 25 heavy (non-hydrogen) atoms. The Bertz CT molecular complexity index is 910. The molecule has 128 valence electrons. The van der Waals surface area contributed by atoms with Crippen molar-refractivity contribution in [2.24, 2.45) is 0 Å². The zero-order valence-electron chi connectivity index (χ0n) is 14.0. The van der Waals surface area contributed by atoms with Crippen LogP contribution in [0.5, 0.6) is 0 Å². The molecule has 3 aromatic rings. The third-order valence-corrected chi connectivity index (χ3v) is 5.89. The van der Waals surface area contributed by atoms with Crippen molar-refractivity contribution in [3.63, 3.8) is 0 Å². The van der Waals surface area contributed by atoms with Gasteiger partial charge in [0, 0.05) is 30.8 Å². The number of aromatic amines is 1. The molecule has 1 amide bonds. The molecule has 3 heterocycles. The topological polar surface area (TPSA) is 66.1 Å². The van der Waals surface area contributed by atoms with Crippen LogP contribution in [0.1, 0.15) is 51.5 Å². The molecule has 5 nitrogen and oxygen atoms in total. The van der Waals surface area contributed by atoms with Gasteiger partial charge in [-0.3, -0.25) is 9.59 Å². The third kappa shape index (κ3) is 3.09. The second-order valence-corrected chi connectivity index (χ2v) is 7.53. The molecule has 0 saturated carbocycles. The van der Waals surface area contributed by atoms with E-state index in [1.54, 1.807) is 23.6 Å². The fourth-order valence-corrected chi connectivity index (χ4v) is 4.41. The van der Waals surface area contributed by atoms with Gasteiger partial charge in [-0.05, 0) is 38.0 Å². The van der Waals surface area contributed by atoms with Gasteiger partial charge in [0.15, 0.2) is 5.78 Å². The SMILES string of the molecule is CC(=O)c1c[nH]c(C(=O)N2CCC[C@@H](c3nc4ccccc4s3)C2)c1. The number of rotatable bonds is 3. The largest absolute Gasteiger partial charge is 0.356 e. The molecule has 2 aromatic heterocycles. The second-order valence-electron chi connectivity index (χ2n) is 6.47. The summed E-state index contributed by atoms with van der Waals surface area (Å²) < 4.78 is 1.19. The lowest BCUT2D eigenvalue weighted by Gasteiger charge is -2.31. The average molecular weight is 353 g/mol. The highest BCUT2D eigenvalue weighted by atomic mass is 32.1. The highest BCUT2D eigenvalue weighted by Crippen LogP contribution is 2.33. The van der Waals surface area contributed by atoms with Crippen molar-refractivity contribution in [3.8, 4) is 0 Å². The molecule has 0 spiro atoms. The molecule has 1 atom stereocenters. The van der Waals surface area contributed by atoms with Gasteiger partial charge in [0.2, 0.25) is 0 Å². The van der Waals surface area contributed by atoms with Crippen LogP contribution in [0, 0.1) is 0 Å². The van der Waals surface area contributed by atoms with Crippen molar-refractivity contribution >= 4 is 33.2 Å². The lowest BCUT2D eigenvalue weighted by atomic mass is 9.98. The van der Waals surface area contributed by atoms with Gasteiger partial charge in [0.1, 0.15) is 5.69 Å². The number of likely N-dealkylation sites (tertiary alicyclic amines) is 1. The molecular formula is C19H19N3O2S. The normalized spacial score (nSPS) is 17.8. The van der Waals surface area contributed by atoms with Gasteiger partial charge in [-0.1, -0.05) is 12.1 Å². The zero-order valence-corrected chi connectivity index (χ0v) is 14.8. The number of fused-ring (bicyclic) bond motifs is 1. The molecule has 0 aliphatic carbocycles. The second kappa shape index (κ2) is 6.44. The predicted octanol–water partition coefficient (Wildman–Crippen LogP) is 3.85. The van der Waals surface area contributed by atoms with Gasteiger partial charge in [-0.15, -0.1) is 11.3 Å². The first-order valence-electron chi connectivity index (χ1n) is 8.46. The van der Waals surface area contributed by atoms with E-state index in [-0.39, 0.29) is 17.6 Å². The number of hydrogen-bond donors (Lipinski definition) is 1. The van der Waals surface area contributed by atoms with Crippen molar-refractivity contribution in [2.45, 2.75) is 25.7 Å². The number of para-hydroxylation sites is 1. The maximum absolute atomic E-state index is 12.8. The first kappa shape index (κ1) is 16.0. The average Bonchev–Trinajstić information content (AvgIpc) is 3.28. The number of nitrogens with one attached hydrogen (secondary N) is 1. The Hall–Kier alpha value is -2.47. The van der Waals surface area contributed by atoms with E-state index in [1.807, 2.05) is 23.1 Å². The van der Waals surface area contributed by atoms with Crippen LogP contribution in [0.25, 0.3) is 10.2 Å². The highest BCUT2D eigenvalue weighted by Gasteiger charge is 2.28. The molecule has 0 bridgehead atoms. The van der Waals surface area contributed by atoms with Crippen LogP contribution < -0.4 is 0 Å². The smallest absolute Gasteiger partial charge is 0.270 e. The van der Waals surface area contributed by atoms with Crippen molar-refractivity contribution in [1.29, 1.82) is 0 Å². The number of ketones is 1. The van der Waals surface area contributed by atoms with Gasteiger partial charge in [0.05, 0.1) is 15.2 Å². The summed E-state index contributed by atoms with van der Waals surface area (Å²) in [6.45, 7) is 2.92. The van der Waals surface area contributed by atoms with Crippen LogP contribution in [0.15, 0.2) is 36.5 Å². The predicted molar refractivity (Wildman–Crippen MR) is 98.3 cm³/mol. The van der Waals surface area contributed by atoms with E-state index in [1.165, 1.54) is 11.6 Å². The van der Waals surface area contributed by atoms with Crippen LogP contribution in [0.3, 0.4) is 0 Å². The monoisotopic (exact) mass is 353 g/mol. The standard InChI is InChI=1S/C19H19N3O2S/c1-12(23)14-9-16(20-10-14)19(24)22-8-4-5-13(11-22)18-21-15-6-2-3-7-17(15)25-18/h2-3,6-7,9-10,13,20H,4-5,8,11H2,1H3/t13-/m1/s1. The van der Waals surface area contributed by atoms with Gasteiger partial charge in [-0.2, -0.15) is 0 Å². The summed E-state index contributed by atoms with van der Waals surface area (Å²) in [5.74, 6) is 0.192. The van der Waals surface area contributed by atoms with E-state index in [2.05, 4.69) is 11.1 Å². The number of Topliss-reactive ketones (excluding diaryl/α,β-unsaturated/α-hetero) is 1. The lowest BCUT2D eigenvalue weighted by molar-refractivity contribution is 0.0702. The number of H-pyrrole nitrogens is 1. The van der Waals surface area contributed by atoms with Gasteiger partial charge >= 0.3 is 0 Å². The molecule has 1 fully saturated rings. The Morgan fingerprint density at radius 3 is 2.92 bits per heavy atom. The number of piperidine rings is 1. The van der Waals surface area contributed by atoms with Gasteiger partial charge < -0.3 is 9.88 Å². The van der Waals surface area contributed by atoms with Gasteiger partial charge in [-0.25, -0.2) is 4.98 Å². The summed E-state index contributed by atoms with van der Waals surface area (Å²) in [4.78, 5) is 33.7. The van der Waals surface area contributed by atoms with Crippen molar-refractivity contribution < 1.29 is 9.59 Å². The van der Waals surface area contributed by atoms with E-state index in [4.69, 9.17) is 4.98 Å². The Morgan fingerprint density at radius 2 is 2.16 bits per heavy atom. The molecule has 6 heteroatoms. The van der Waals surface area contributed by atoms with Gasteiger partial charge in [0.25, 0.3) is 5.91 Å². The quantitative estimate of drug-likeness (QED) is 0.728. The minimum absolute atomic E-state index is 0.0405. The maximum Gasteiger partial charge on any atom is 0.270 e. The van der Waals surface area contributed by atoms with E-state index >= 15 is 0 Å². The molecule has 1 aliphatic rings. The van der Waals surface area contributed by atoms with Crippen molar-refractivity contribution in [1.82, 2.24) is 14.9 Å². The molecule has 4 rings (SSSR count). The fourth-order valence-electron chi connectivity index (χ4n) is 3.32. The molecule has 1 aliphatic heterocycles. The van der Waals surface area contributed by atoms with Crippen LogP contribution >= 0.6 is 11.3 Å². The van der Waals surface area contributed by atoms with Crippen LogP contribution in [-0.4, -0.2) is 39.6 Å². The summed E-state index contributed by atoms with van der Waals surface area (Å²) in [6.07, 6.45) is 3.62. The number of nitrogens with zero attached hydrogens (tertiary/aromatic N) is 2. The number of carbonyl (C=O) groups excluding carboxylic acids is 2. The Balaban J connectivity index is 1.53. The number of carbonyl (C=O) groups is 2. The molecule has 1 aromatic carbocycles. The fraction of sp³-hybridized carbons (Fsp3) is 0.316. The number of hydrogen-bond acceptors (Lipinski definition) is 4. The van der Waals surface area contributed by atoms with E-state index in [0.717, 1.165) is 29.9 Å². The minimum atomic E-state index is -0.0432. The highest BCUT2D eigenvalue weighted by molar-refractivity contribution is 7.18. The first-order chi connectivity index (χ1) is 12.1.